The fourth-order valence-electron chi connectivity index (χ4n) is 8.91. The lowest BCUT2D eigenvalue weighted by Gasteiger charge is -2.28. The molecule has 4 aromatic carbocycles. The fourth-order valence-corrected chi connectivity index (χ4v) is 8.91. The Morgan fingerprint density at radius 3 is 1.09 bits per heavy atom. The number of unbranched alkanes of at least 4 members (excludes halogenated alkanes) is 6. The second-order valence-corrected chi connectivity index (χ2v) is 16.5. The summed E-state index contributed by atoms with van der Waals surface area (Å²) in [4.78, 5) is 25.6. The number of hydrogen-bond acceptors (Lipinski definition) is 4. The molecule has 292 valence electrons. The van der Waals surface area contributed by atoms with Crippen LogP contribution in [0.5, 0.6) is 11.5 Å². The number of carbonyl (C=O) groups excluding carboxylic acids is 2. The Morgan fingerprint density at radius 2 is 0.764 bits per heavy atom. The minimum absolute atomic E-state index is 0.291. The maximum Gasteiger partial charge on any atom is 0.343 e. The first-order chi connectivity index (χ1) is 27.0. The highest BCUT2D eigenvalue weighted by atomic mass is 16.5. The van der Waals surface area contributed by atoms with E-state index in [-0.39, 0.29) is 11.9 Å². The van der Waals surface area contributed by atoms with Crippen LogP contribution in [0, 0.1) is 11.8 Å². The van der Waals surface area contributed by atoms with Crippen molar-refractivity contribution in [2.24, 2.45) is 11.8 Å². The van der Waals surface area contributed by atoms with Gasteiger partial charge in [0.05, 0.1) is 11.1 Å². The maximum absolute atomic E-state index is 12.8. The summed E-state index contributed by atoms with van der Waals surface area (Å²) in [7, 11) is 0. The van der Waals surface area contributed by atoms with Gasteiger partial charge in [-0.2, -0.15) is 0 Å². The molecule has 0 unspecified atom stereocenters. The van der Waals surface area contributed by atoms with E-state index in [4.69, 9.17) is 9.47 Å². The molecule has 0 aromatic heterocycles. The Balaban J connectivity index is 0.794. The highest BCUT2D eigenvalue weighted by molar-refractivity contribution is 5.91. The van der Waals surface area contributed by atoms with E-state index >= 15 is 0 Å². The van der Waals surface area contributed by atoms with Crippen LogP contribution in [0.2, 0.25) is 0 Å². The third-order valence-corrected chi connectivity index (χ3v) is 12.8. The van der Waals surface area contributed by atoms with E-state index < -0.39 is 0 Å². The molecular formula is C51H64O4. The van der Waals surface area contributed by atoms with Crippen LogP contribution < -0.4 is 9.47 Å². The van der Waals surface area contributed by atoms with Crippen molar-refractivity contribution in [1.29, 1.82) is 0 Å². The molecule has 2 fully saturated rings. The zero-order valence-corrected chi connectivity index (χ0v) is 33.6. The summed E-state index contributed by atoms with van der Waals surface area (Å²) in [5, 5.41) is 0. The van der Waals surface area contributed by atoms with Crippen LogP contribution in [0.4, 0.5) is 0 Å². The topological polar surface area (TPSA) is 52.6 Å². The van der Waals surface area contributed by atoms with E-state index in [0.717, 1.165) is 24.7 Å². The number of benzene rings is 4. The van der Waals surface area contributed by atoms with Gasteiger partial charge >= 0.3 is 11.9 Å². The predicted molar refractivity (Wildman–Crippen MR) is 225 cm³/mol. The number of hydrogen-bond donors (Lipinski definition) is 0. The standard InChI is InChI=1S/C51H64O4/c1-3-38-14-22-42(23-15-38)44-26-30-46(31-27-44)50(52)54-48-34-18-40(19-35-48)12-10-8-6-5-7-9-11-13-41-20-36-49(37-21-41)55-51(53)47-32-28-45(29-33-47)43-24-16-39(4-2)17-25-43/h18-21,26-39,42-43H,3-17,22-25H2,1-2H3. The maximum atomic E-state index is 12.8. The highest BCUT2D eigenvalue weighted by Crippen LogP contribution is 2.38. The second kappa shape index (κ2) is 21.2. The molecule has 4 aromatic rings. The number of rotatable bonds is 18. The third-order valence-electron chi connectivity index (χ3n) is 12.8. The fraction of sp³-hybridized carbons (Fsp3) is 0.490. The Bertz CT molecular complexity index is 1590. The van der Waals surface area contributed by atoms with Crippen molar-refractivity contribution in [3.63, 3.8) is 0 Å². The molecule has 4 heteroatoms. The van der Waals surface area contributed by atoms with E-state index in [1.807, 2.05) is 48.5 Å². The SMILES string of the molecule is CCC1CCC(c2ccc(C(=O)Oc3ccc(CCCCCCCCCc4ccc(OC(=O)c5ccc(C6CCC(CC)CC6)cc5)cc4)cc3)cc2)CC1. The zero-order valence-electron chi connectivity index (χ0n) is 33.6. The van der Waals surface area contributed by atoms with E-state index in [2.05, 4.69) is 62.4 Å². The van der Waals surface area contributed by atoms with E-state index in [1.54, 1.807) is 0 Å². The second-order valence-electron chi connectivity index (χ2n) is 16.5. The summed E-state index contributed by atoms with van der Waals surface area (Å²) in [5.41, 5.74) is 6.51. The number of esters is 2. The summed E-state index contributed by atoms with van der Waals surface area (Å²) < 4.78 is 11.4. The molecule has 2 aliphatic carbocycles. The molecule has 0 bridgehead atoms. The van der Waals surface area contributed by atoms with Crippen molar-refractivity contribution >= 4 is 11.9 Å². The van der Waals surface area contributed by atoms with Crippen molar-refractivity contribution in [2.45, 2.75) is 148 Å². The third kappa shape index (κ3) is 12.4. The molecule has 6 rings (SSSR count). The summed E-state index contributed by atoms with van der Waals surface area (Å²) >= 11 is 0. The van der Waals surface area contributed by atoms with Gasteiger partial charge in [-0.25, -0.2) is 9.59 Å². The summed E-state index contributed by atoms with van der Waals surface area (Å²) in [6.07, 6.45) is 23.6. The molecule has 0 amide bonds. The average Bonchev–Trinajstić information content (AvgIpc) is 3.24. The van der Waals surface area contributed by atoms with Crippen LogP contribution in [0.1, 0.15) is 178 Å². The number of aryl methyl sites for hydroxylation is 2. The largest absolute Gasteiger partial charge is 0.423 e. The van der Waals surface area contributed by atoms with Gasteiger partial charge in [0, 0.05) is 0 Å². The lowest BCUT2D eigenvalue weighted by Crippen LogP contribution is -2.13. The molecule has 55 heavy (non-hydrogen) atoms. The Morgan fingerprint density at radius 1 is 0.436 bits per heavy atom. The quantitative estimate of drug-likeness (QED) is 0.0579. The zero-order chi connectivity index (χ0) is 38.2. The normalized spacial score (nSPS) is 19.8. The molecule has 0 heterocycles. The highest BCUT2D eigenvalue weighted by Gasteiger charge is 2.23. The molecular weight excluding hydrogens is 677 g/mol. The van der Waals surface area contributed by atoms with Gasteiger partial charge in [-0.1, -0.05) is 107 Å². The molecule has 2 aliphatic rings. The molecule has 0 radical (unpaired) electrons. The molecule has 0 spiro atoms. The van der Waals surface area contributed by atoms with Crippen LogP contribution in [-0.4, -0.2) is 11.9 Å². The molecule has 0 saturated heterocycles. The number of carbonyl (C=O) groups is 2. The van der Waals surface area contributed by atoms with Gasteiger partial charge in [-0.05, 0) is 172 Å². The van der Waals surface area contributed by atoms with Gasteiger partial charge < -0.3 is 9.47 Å². The van der Waals surface area contributed by atoms with E-state index in [9.17, 15) is 9.59 Å². The lowest BCUT2D eigenvalue weighted by molar-refractivity contribution is 0.0725. The van der Waals surface area contributed by atoms with Crippen molar-refractivity contribution in [1.82, 2.24) is 0 Å². The van der Waals surface area contributed by atoms with Crippen molar-refractivity contribution in [3.8, 4) is 11.5 Å². The van der Waals surface area contributed by atoms with Crippen LogP contribution in [-0.2, 0) is 12.8 Å². The van der Waals surface area contributed by atoms with Crippen molar-refractivity contribution in [3.05, 3.63) is 130 Å². The van der Waals surface area contributed by atoms with Gasteiger partial charge in [0.25, 0.3) is 0 Å². The van der Waals surface area contributed by atoms with Gasteiger partial charge in [-0.15, -0.1) is 0 Å². The molecule has 4 nitrogen and oxygen atoms in total. The molecule has 2 saturated carbocycles. The first kappa shape index (κ1) is 40.5. The summed E-state index contributed by atoms with van der Waals surface area (Å²) in [5.74, 6) is 3.64. The predicted octanol–water partition coefficient (Wildman–Crippen LogP) is 14.0. The van der Waals surface area contributed by atoms with Crippen LogP contribution in [0.25, 0.3) is 0 Å². The van der Waals surface area contributed by atoms with Crippen molar-refractivity contribution < 1.29 is 19.1 Å². The summed E-state index contributed by atoms with van der Waals surface area (Å²) in [6, 6.07) is 32.2. The Kier molecular flexibility index (Phi) is 15.6. The number of ether oxygens (including phenoxy) is 2. The lowest BCUT2D eigenvalue weighted by atomic mass is 9.78. The monoisotopic (exact) mass is 740 g/mol. The van der Waals surface area contributed by atoms with Crippen LogP contribution >= 0.6 is 0 Å². The molecule has 0 atom stereocenters. The first-order valence-electron chi connectivity index (χ1n) is 21.8. The minimum Gasteiger partial charge on any atom is -0.423 e. The average molecular weight is 741 g/mol. The minimum atomic E-state index is -0.291. The van der Waals surface area contributed by atoms with E-state index in [0.29, 0.717) is 34.5 Å². The van der Waals surface area contributed by atoms with Gasteiger partial charge in [-0.3, -0.25) is 0 Å². The Labute approximate surface area is 331 Å². The van der Waals surface area contributed by atoms with Crippen LogP contribution in [0.3, 0.4) is 0 Å². The van der Waals surface area contributed by atoms with Gasteiger partial charge in [0.2, 0.25) is 0 Å². The molecule has 0 N–H and O–H groups in total. The smallest absolute Gasteiger partial charge is 0.343 e. The van der Waals surface area contributed by atoms with E-state index in [1.165, 1.54) is 131 Å². The van der Waals surface area contributed by atoms with Gasteiger partial charge in [0.1, 0.15) is 11.5 Å². The first-order valence-corrected chi connectivity index (χ1v) is 21.8. The van der Waals surface area contributed by atoms with Gasteiger partial charge in [0.15, 0.2) is 0 Å². The summed E-state index contributed by atoms with van der Waals surface area (Å²) in [6.45, 7) is 4.60. The Hall–Kier alpha value is -4.18. The van der Waals surface area contributed by atoms with Crippen molar-refractivity contribution in [2.75, 3.05) is 0 Å². The molecule has 0 aliphatic heterocycles. The van der Waals surface area contributed by atoms with Crippen LogP contribution in [0.15, 0.2) is 97.1 Å².